The van der Waals surface area contributed by atoms with E-state index in [9.17, 15) is 0 Å². The second-order valence-corrected chi connectivity index (χ2v) is 14.1. The zero-order valence-corrected chi connectivity index (χ0v) is 23.2. The third-order valence-electron chi connectivity index (χ3n) is 5.31. The van der Waals surface area contributed by atoms with E-state index in [0.29, 0.717) is 0 Å². The predicted octanol–water partition coefficient (Wildman–Crippen LogP) is 8.80. The average molecular weight is 495 g/mol. The molecule has 0 atom stereocenters. The molecule has 0 fully saturated rings. The molecule has 0 unspecified atom stereocenters. The Hall–Kier alpha value is -0.360. The first-order chi connectivity index (χ1) is 15.0. The van der Waals surface area contributed by atoms with E-state index in [2.05, 4.69) is 130 Å². The maximum Gasteiger partial charge on any atom is 0.118 e. The molecule has 2 rings (SSSR count). The molecular weight excluding hydrogens is 457 g/mol. The molecule has 0 aliphatic carbocycles. The molecule has 0 bridgehead atoms. The smallest absolute Gasteiger partial charge is 0.118 e. The Balaban J connectivity index is 2.44. The highest BCUT2D eigenvalue weighted by atomic mass is 32.2. The van der Waals surface area contributed by atoms with E-state index < -0.39 is 0 Å². The van der Waals surface area contributed by atoms with Gasteiger partial charge in [0.15, 0.2) is 0 Å². The Morgan fingerprint density at radius 3 is 1.29 bits per heavy atom. The fourth-order valence-electron chi connectivity index (χ4n) is 3.91. The Morgan fingerprint density at radius 2 is 0.968 bits per heavy atom. The Bertz CT molecular complexity index is 746. The van der Waals surface area contributed by atoms with Gasteiger partial charge in [0.25, 0.3) is 0 Å². The third kappa shape index (κ3) is 7.06. The standard InChI is InChI=1S/C26H38OS4/c1-7-28-25(29-8-2,22-13-11-21(5)12-14-22)19-20-26(30-9-3,31-10-4)23-15-17-24(27-6)18-16-23/h11-18H,7-10,19-20H2,1-6H3. The molecular formula is C26H38OS4. The lowest BCUT2D eigenvalue weighted by molar-refractivity contribution is 0.414. The highest BCUT2D eigenvalue weighted by molar-refractivity contribution is 8.18. The van der Waals surface area contributed by atoms with Crippen molar-refractivity contribution < 1.29 is 4.74 Å². The minimum Gasteiger partial charge on any atom is -0.497 e. The van der Waals surface area contributed by atoms with Crippen LogP contribution in [0.5, 0.6) is 5.75 Å². The van der Waals surface area contributed by atoms with Crippen LogP contribution in [0.3, 0.4) is 0 Å². The molecule has 0 spiro atoms. The summed E-state index contributed by atoms with van der Waals surface area (Å²) in [5, 5.41) is 0. The van der Waals surface area contributed by atoms with Gasteiger partial charge in [0.2, 0.25) is 0 Å². The van der Waals surface area contributed by atoms with Gasteiger partial charge < -0.3 is 4.74 Å². The van der Waals surface area contributed by atoms with E-state index >= 15 is 0 Å². The summed E-state index contributed by atoms with van der Waals surface area (Å²) < 4.78 is 5.59. The first-order valence-corrected chi connectivity index (χ1v) is 15.2. The SMILES string of the molecule is CCSC(CCC(SCC)(SCC)c1ccc(OC)cc1)(SCC)c1ccc(C)cc1. The maximum absolute atomic E-state index is 5.43. The van der Waals surface area contributed by atoms with Gasteiger partial charge in [-0.2, -0.15) is 0 Å². The van der Waals surface area contributed by atoms with Crippen LogP contribution >= 0.6 is 47.0 Å². The number of hydrogen-bond acceptors (Lipinski definition) is 5. The van der Waals surface area contributed by atoms with Gasteiger partial charge in [-0.1, -0.05) is 69.7 Å². The van der Waals surface area contributed by atoms with Gasteiger partial charge in [0.1, 0.15) is 5.75 Å². The van der Waals surface area contributed by atoms with Crippen molar-refractivity contribution in [1.29, 1.82) is 0 Å². The lowest BCUT2D eigenvalue weighted by Crippen LogP contribution is -2.26. The fourth-order valence-corrected chi connectivity index (χ4v) is 10.1. The lowest BCUT2D eigenvalue weighted by Gasteiger charge is -2.39. The molecule has 0 heterocycles. The largest absolute Gasteiger partial charge is 0.497 e. The number of aryl methyl sites for hydroxylation is 1. The first-order valence-electron chi connectivity index (χ1n) is 11.3. The van der Waals surface area contributed by atoms with E-state index in [1.165, 1.54) is 16.7 Å². The number of ether oxygens (including phenoxy) is 1. The Kier molecular flexibility index (Phi) is 11.6. The van der Waals surface area contributed by atoms with Crippen molar-refractivity contribution in [2.24, 2.45) is 0 Å². The normalized spacial score (nSPS) is 12.2. The van der Waals surface area contributed by atoms with Crippen molar-refractivity contribution in [2.75, 3.05) is 30.1 Å². The molecule has 31 heavy (non-hydrogen) atoms. The zero-order valence-electron chi connectivity index (χ0n) is 19.9. The number of hydrogen-bond donors (Lipinski definition) is 0. The van der Waals surface area contributed by atoms with Crippen molar-refractivity contribution >= 4 is 47.0 Å². The topological polar surface area (TPSA) is 9.23 Å². The van der Waals surface area contributed by atoms with E-state index in [0.717, 1.165) is 41.6 Å². The zero-order chi connectivity index (χ0) is 22.7. The highest BCUT2D eigenvalue weighted by Gasteiger charge is 2.39. The summed E-state index contributed by atoms with van der Waals surface area (Å²) in [4.78, 5) is 0. The Morgan fingerprint density at radius 1 is 0.613 bits per heavy atom. The molecule has 0 radical (unpaired) electrons. The number of rotatable bonds is 14. The van der Waals surface area contributed by atoms with Crippen molar-refractivity contribution in [2.45, 2.75) is 55.6 Å². The van der Waals surface area contributed by atoms with Crippen LogP contribution in [0.25, 0.3) is 0 Å². The van der Waals surface area contributed by atoms with Crippen LogP contribution in [0, 0.1) is 6.92 Å². The number of methoxy groups -OCH3 is 1. The minimum absolute atomic E-state index is 0.0638. The molecule has 0 aromatic heterocycles. The summed E-state index contributed by atoms with van der Waals surface area (Å²) in [6.07, 6.45) is 2.29. The first kappa shape index (κ1) is 26.9. The molecule has 0 aliphatic rings. The Labute approximate surface area is 207 Å². The van der Waals surface area contributed by atoms with Crippen LogP contribution in [-0.4, -0.2) is 30.1 Å². The van der Waals surface area contributed by atoms with Crippen molar-refractivity contribution in [1.82, 2.24) is 0 Å². The summed E-state index contributed by atoms with van der Waals surface area (Å²) >= 11 is 8.41. The molecule has 2 aromatic rings. The van der Waals surface area contributed by atoms with Crippen LogP contribution in [-0.2, 0) is 8.16 Å². The van der Waals surface area contributed by atoms with Crippen LogP contribution < -0.4 is 4.74 Å². The quantitative estimate of drug-likeness (QED) is 0.242. The van der Waals surface area contributed by atoms with E-state index in [4.69, 9.17) is 4.74 Å². The van der Waals surface area contributed by atoms with E-state index in [-0.39, 0.29) is 8.16 Å². The predicted molar refractivity (Wildman–Crippen MR) is 149 cm³/mol. The molecule has 172 valence electrons. The summed E-state index contributed by atoms with van der Waals surface area (Å²) in [6.45, 7) is 11.3. The second-order valence-electron chi connectivity index (χ2n) is 7.33. The monoisotopic (exact) mass is 494 g/mol. The van der Waals surface area contributed by atoms with Crippen LogP contribution in [0.2, 0.25) is 0 Å². The van der Waals surface area contributed by atoms with Crippen LogP contribution in [0.15, 0.2) is 48.5 Å². The number of thioether (sulfide) groups is 4. The summed E-state index contributed by atoms with van der Waals surface area (Å²) in [5.41, 5.74) is 4.20. The molecule has 0 amide bonds. The van der Waals surface area contributed by atoms with Crippen LogP contribution in [0.4, 0.5) is 0 Å². The third-order valence-corrected chi connectivity index (χ3v) is 11.5. The van der Waals surface area contributed by atoms with Gasteiger partial charge in [-0.15, -0.1) is 47.0 Å². The van der Waals surface area contributed by atoms with Crippen molar-refractivity contribution in [3.8, 4) is 5.75 Å². The highest BCUT2D eigenvalue weighted by Crippen LogP contribution is 2.56. The molecule has 1 nitrogen and oxygen atoms in total. The second kappa shape index (κ2) is 13.4. The van der Waals surface area contributed by atoms with Gasteiger partial charge in [-0.05, 0) is 66.0 Å². The molecule has 0 saturated heterocycles. The van der Waals surface area contributed by atoms with E-state index in [1.54, 1.807) is 7.11 Å². The minimum atomic E-state index is 0.0638. The molecule has 5 heteroatoms. The van der Waals surface area contributed by atoms with Crippen LogP contribution in [0.1, 0.15) is 57.2 Å². The van der Waals surface area contributed by atoms with Gasteiger partial charge >= 0.3 is 0 Å². The van der Waals surface area contributed by atoms with Gasteiger partial charge in [-0.25, -0.2) is 0 Å². The molecule has 2 aromatic carbocycles. The maximum atomic E-state index is 5.43. The van der Waals surface area contributed by atoms with Gasteiger partial charge in [0.05, 0.1) is 15.3 Å². The molecule has 0 N–H and O–H groups in total. The van der Waals surface area contributed by atoms with E-state index in [1.807, 2.05) is 0 Å². The summed E-state index contributed by atoms with van der Waals surface area (Å²) in [6, 6.07) is 18.0. The summed E-state index contributed by atoms with van der Waals surface area (Å²) in [7, 11) is 1.74. The van der Waals surface area contributed by atoms with Crippen molar-refractivity contribution in [3.05, 3.63) is 65.2 Å². The summed E-state index contributed by atoms with van der Waals surface area (Å²) in [5.74, 6) is 5.39. The van der Waals surface area contributed by atoms with Gasteiger partial charge in [-0.3, -0.25) is 0 Å². The fraction of sp³-hybridized carbons (Fsp3) is 0.538. The molecule has 0 saturated carbocycles. The molecule has 0 aliphatic heterocycles. The average Bonchev–Trinajstić information content (AvgIpc) is 2.78. The van der Waals surface area contributed by atoms with Gasteiger partial charge in [0, 0.05) is 0 Å². The lowest BCUT2D eigenvalue weighted by atomic mass is 10.0. The van der Waals surface area contributed by atoms with Crippen molar-refractivity contribution in [3.63, 3.8) is 0 Å². The number of benzene rings is 2.